The Morgan fingerprint density at radius 3 is 2.44 bits per heavy atom. The van der Waals surface area contributed by atoms with Crippen molar-refractivity contribution in [1.82, 2.24) is 25.0 Å². The Morgan fingerprint density at radius 1 is 1.02 bits per heavy atom. The molecule has 4 amide bonds. The zero-order chi connectivity index (χ0) is 29.8. The molecule has 0 spiro atoms. The quantitative estimate of drug-likeness (QED) is 0.354. The number of hydrogen-bond acceptors (Lipinski definition) is 7. The number of fused-ring (bicyclic) bond motifs is 2. The fraction of sp³-hybridized carbons (Fsp3) is 0.786. The largest absolute Gasteiger partial charge is 0.444 e. The number of carbonyl (C=O) groups is 4. The van der Waals surface area contributed by atoms with Crippen molar-refractivity contribution in [3.05, 3.63) is 12.2 Å². The average Bonchev–Trinajstić information content (AvgIpc) is 3.20. The van der Waals surface area contributed by atoms with Gasteiger partial charge in [-0.15, -0.1) is 0 Å². The lowest BCUT2D eigenvalue weighted by Crippen LogP contribution is -2.59. The SMILES string of the molecule is CC(C)(C)OC(=O)NC1CCCCC/C=C\[C@@H]2C[C@@]2(C(=O)NS(=O)(=O)NC2CCCC2)NC(=O)[C@@H]2CCCN2C1=O. The molecule has 2 aliphatic carbocycles. The van der Waals surface area contributed by atoms with Gasteiger partial charge in [-0.05, 0) is 72.1 Å². The molecule has 1 unspecified atom stereocenters. The summed E-state index contributed by atoms with van der Waals surface area (Å²) in [6.07, 6.45) is 11.2. The van der Waals surface area contributed by atoms with E-state index in [-0.39, 0.29) is 24.3 Å². The third kappa shape index (κ3) is 8.21. The first-order chi connectivity index (χ1) is 19.3. The van der Waals surface area contributed by atoms with Gasteiger partial charge in [0, 0.05) is 18.5 Å². The maximum absolute atomic E-state index is 13.7. The number of nitrogens with zero attached hydrogens (tertiary/aromatic N) is 1. The van der Waals surface area contributed by atoms with Crippen LogP contribution in [0, 0.1) is 5.92 Å². The number of carbonyl (C=O) groups excluding carboxylic acids is 4. The van der Waals surface area contributed by atoms with E-state index in [1.54, 1.807) is 20.8 Å². The molecule has 4 aliphatic rings. The first-order valence-corrected chi connectivity index (χ1v) is 16.4. The number of alkyl carbamates (subject to hydrolysis) is 1. The van der Waals surface area contributed by atoms with E-state index in [0.29, 0.717) is 32.2 Å². The molecular weight excluding hydrogens is 550 g/mol. The van der Waals surface area contributed by atoms with Crippen LogP contribution < -0.4 is 20.1 Å². The van der Waals surface area contributed by atoms with Gasteiger partial charge in [-0.25, -0.2) is 9.52 Å². The smallest absolute Gasteiger partial charge is 0.408 e. The van der Waals surface area contributed by atoms with Crippen LogP contribution in [0.15, 0.2) is 12.2 Å². The van der Waals surface area contributed by atoms with Gasteiger partial charge in [-0.3, -0.25) is 14.4 Å². The van der Waals surface area contributed by atoms with Gasteiger partial charge >= 0.3 is 16.3 Å². The van der Waals surface area contributed by atoms with E-state index in [1.807, 2.05) is 12.2 Å². The number of ether oxygens (including phenoxy) is 1. The van der Waals surface area contributed by atoms with Crippen LogP contribution in [0.5, 0.6) is 0 Å². The molecule has 0 bridgehead atoms. The summed E-state index contributed by atoms with van der Waals surface area (Å²) in [5.74, 6) is -2.01. The van der Waals surface area contributed by atoms with Crippen LogP contribution in [-0.2, 0) is 29.3 Å². The van der Waals surface area contributed by atoms with Crippen molar-refractivity contribution in [1.29, 1.82) is 0 Å². The highest BCUT2D eigenvalue weighted by Crippen LogP contribution is 2.45. The third-order valence-electron chi connectivity index (χ3n) is 8.23. The molecule has 4 rings (SSSR count). The molecule has 0 aromatic carbocycles. The molecule has 13 heteroatoms. The molecule has 3 fully saturated rings. The predicted octanol–water partition coefficient (Wildman–Crippen LogP) is 2.16. The molecule has 2 saturated carbocycles. The van der Waals surface area contributed by atoms with Crippen LogP contribution in [0.1, 0.15) is 97.8 Å². The first kappa shape index (κ1) is 31.3. The minimum atomic E-state index is -4.11. The van der Waals surface area contributed by atoms with Crippen molar-refractivity contribution in [3.8, 4) is 0 Å². The van der Waals surface area contributed by atoms with Crippen LogP contribution in [-0.4, -0.2) is 72.9 Å². The molecule has 230 valence electrons. The molecule has 4 N–H and O–H groups in total. The molecule has 2 heterocycles. The monoisotopic (exact) mass is 595 g/mol. The van der Waals surface area contributed by atoms with Crippen LogP contribution in [0.4, 0.5) is 4.79 Å². The summed E-state index contributed by atoms with van der Waals surface area (Å²) in [4.78, 5) is 54.7. The molecule has 1 saturated heterocycles. The highest BCUT2D eigenvalue weighted by atomic mass is 32.2. The van der Waals surface area contributed by atoms with E-state index in [2.05, 4.69) is 20.1 Å². The van der Waals surface area contributed by atoms with Gasteiger partial charge in [0.15, 0.2) is 0 Å². The second-order valence-electron chi connectivity index (χ2n) is 12.8. The second-order valence-corrected chi connectivity index (χ2v) is 14.2. The maximum atomic E-state index is 13.7. The minimum absolute atomic E-state index is 0.212. The molecule has 0 aromatic heterocycles. The van der Waals surface area contributed by atoms with Crippen molar-refractivity contribution in [3.63, 3.8) is 0 Å². The minimum Gasteiger partial charge on any atom is -0.444 e. The lowest BCUT2D eigenvalue weighted by atomic mass is 10.0. The predicted molar refractivity (Wildman–Crippen MR) is 152 cm³/mol. The zero-order valence-electron chi connectivity index (χ0n) is 24.4. The Morgan fingerprint density at radius 2 is 1.73 bits per heavy atom. The number of rotatable bonds is 5. The average molecular weight is 596 g/mol. The number of hydrogen-bond donors (Lipinski definition) is 4. The van der Waals surface area contributed by atoms with E-state index in [9.17, 15) is 27.6 Å². The first-order valence-electron chi connectivity index (χ1n) is 14.9. The molecule has 2 aliphatic heterocycles. The Labute approximate surface area is 242 Å². The van der Waals surface area contributed by atoms with E-state index in [4.69, 9.17) is 4.74 Å². The van der Waals surface area contributed by atoms with Gasteiger partial charge < -0.3 is 20.3 Å². The fourth-order valence-corrected chi connectivity index (χ4v) is 7.21. The van der Waals surface area contributed by atoms with Gasteiger partial charge in [-0.1, -0.05) is 37.8 Å². The zero-order valence-corrected chi connectivity index (χ0v) is 25.2. The number of amides is 4. The molecule has 0 aromatic rings. The van der Waals surface area contributed by atoms with Crippen LogP contribution >= 0.6 is 0 Å². The summed E-state index contributed by atoms with van der Waals surface area (Å²) in [5.41, 5.74) is -2.14. The maximum Gasteiger partial charge on any atom is 0.408 e. The molecule has 4 atom stereocenters. The topological polar surface area (TPSA) is 163 Å². The van der Waals surface area contributed by atoms with E-state index < -0.39 is 51.3 Å². The molecule has 0 radical (unpaired) electrons. The standard InChI is InChI=1S/C28H45N5O7S/c1-27(2,3)40-26(37)29-21-15-8-6-4-5-7-12-19-18-28(19,30-23(34)22-16-11-17-33(22)24(21)35)25(36)32-41(38,39)31-20-13-9-10-14-20/h7,12,19-22,31H,4-6,8-11,13-18H2,1-3H3,(H,29,37)(H,30,34)(H,32,36)/b12-7-/t19-,21?,22+,28-/m1/s1. The van der Waals surface area contributed by atoms with Crippen molar-refractivity contribution >= 4 is 34.0 Å². The summed E-state index contributed by atoms with van der Waals surface area (Å²) in [7, 11) is -4.11. The Bertz CT molecular complexity index is 1140. The summed E-state index contributed by atoms with van der Waals surface area (Å²) in [6, 6.07) is -1.90. The third-order valence-corrected chi connectivity index (χ3v) is 9.33. The van der Waals surface area contributed by atoms with E-state index in [0.717, 1.165) is 44.9 Å². The van der Waals surface area contributed by atoms with Crippen LogP contribution in [0.25, 0.3) is 0 Å². The van der Waals surface area contributed by atoms with Crippen molar-refractivity contribution < 1.29 is 32.3 Å². The fourth-order valence-electron chi connectivity index (χ4n) is 6.05. The summed E-state index contributed by atoms with van der Waals surface area (Å²) < 4.78 is 35.6. The second kappa shape index (κ2) is 12.7. The van der Waals surface area contributed by atoms with Gasteiger partial charge in [0.25, 0.3) is 5.91 Å². The van der Waals surface area contributed by atoms with Gasteiger partial charge in [0.05, 0.1) is 0 Å². The van der Waals surface area contributed by atoms with Crippen LogP contribution in [0.3, 0.4) is 0 Å². The van der Waals surface area contributed by atoms with Crippen LogP contribution in [0.2, 0.25) is 0 Å². The number of nitrogens with one attached hydrogen (secondary N) is 4. The van der Waals surface area contributed by atoms with Crippen molar-refractivity contribution in [2.75, 3.05) is 6.54 Å². The normalized spacial score (nSPS) is 30.7. The summed E-state index contributed by atoms with van der Waals surface area (Å²) >= 11 is 0. The Balaban J connectivity index is 1.51. The molecule has 41 heavy (non-hydrogen) atoms. The van der Waals surface area contributed by atoms with Gasteiger partial charge in [0.2, 0.25) is 11.8 Å². The lowest BCUT2D eigenvalue weighted by Gasteiger charge is -2.30. The van der Waals surface area contributed by atoms with Crippen molar-refractivity contribution in [2.24, 2.45) is 5.92 Å². The lowest BCUT2D eigenvalue weighted by molar-refractivity contribution is -0.141. The van der Waals surface area contributed by atoms with Crippen molar-refractivity contribution in [2.45, 2.75) is 127 Å². The number of allylic oxidation sites excluding steroid dienone is 1. The Kier molecular flexibility index (Phi) is 9.67. The summed E-state index contributed by atoms with van der Waals surface area (Å²) in [6.45, 7) is 5.57. The highest BCUT2D eigenvalue weighted by molar-refractivity contribution is 7.88. The van der Waals surface area contributed by atoms with E-state index >= 15 is 0 Å². The molecular formula is C28H45N5O7S. The molecule has 12 nitrogen and oxygen atoms in total. The van der Waals surface area contributed by atoms with Gasteiger partial charge in [-0.2, -0.15) is 13.1 Å². The van der Waals surface area contributed by atoms with E-state index in [1.165, 1.54) is 4.90 Å². The van der Waals surface area contributed by atoms with Gasteiger partial charge in [0.1, 0.15) is 23.2 Å². The summed E-state index contributed by atoms with van der Waals surface area (Å²) in [5, 5.41) is 5.54. The highest BCUT2D eigenvalue weighted by Gasteiger charge is 2.61. The Hall–Kier alpha value is -2.67.